The van der Waals surface area contributed by atoms with Crippen LogP contribution in [0.3, 0.4) is 0 Å². The molecule has 19 heavy (non-hydrogen) atoms. The Morgan fingerprint density at radius 3 is 2.37 bits per heavy atom. The molecule has 0 radical (unpaired) electrons. The van der Waals surface area contributed by atoms with Gasteiger partial charge in [-0.05, 0) is 6.07 Å². The third-order valence-electron chi connectivity index (χ3n) is 2.56. The molecule has 0 bridgehead atoms. The van der Waals surface area contributed by atoms with E-state index in [0.29, 0.717) is 5.19 Å². The first-order valence-corrected chi connectivity index (χ1v) is 9.27. The Bertz CT molecular complexity index is 553. The minimum absolute atomic E-state index is 0.101. The number of nitrogens with zero attached hydrogens (tertiary/aromatic N) is 1. The number of nitro benzene ring substituents is 1. The van der Waals surface area contributed by atoms with Crippen LogP contribution < -0.4 is 5.19 Å². The number of benzene rings is 1. The van der Waals surface area contributed by atoms with Gasteiger partial charge in [-0.2, -0.15) is 0 Å². The predicted molar refractivity (Wildman–Crippen MR) is 74.1 cm³/mol. The van der Waals surface area contributed by atoms with Crippen molar-refractivity contribution in [2.24, 2.45) is 0 Å². The molecule has 8 heteroatoms. The Balaban J connectivity index is 3.76. The van der Waals surface area contributed by atoms with E-state index in [1.807, 2.05) is 19.6 Å². The maximum Gasteiger partial charge on any atom is 0.341 e. The number of phenolic OH excluding ortho intramolecular Hbond substituents is 1. The van der Waals surface area contributed by atoms with Crippen molar-refractivity contribution in [3.63, 3.8) is 0 Å². The average Bonchev–Trinajstić information content (AvgIpc) is 2.28. The lowest BCUT2D eigenvalue weighted by Gasteiger charge is -2.19. The molecule has 0 atom stereocenters. The van der Waals surface area contributed by atoms with Gasteiger partial charge in [-0.25, -0.2) is 4.79 Å². The third kappa shape index (κ3) is 2.87. The zero-order valence-electron chi connectivity index (χ0n) is 11.0. The zero-order chi connectivity index (χ0) is 15.0. The molecule has 0 spiro atoms. The van der Waals surface area contributed by atoms with Gasteiger partial charge in [0, 0.05) is 10.2 Å². The molecule has 0 saturated heterocycles. The number of aromatic hydroxyl groups is 1. The summed E-state index contributed by atoms with van der Waals surface area (Å²) in [6, 6.07) is 1.21. The SMILES string of the molecule is COC(=O)c1cc(Cl)c([Si](C)(C)C)c([N+](=O)[O-])c1O. The summed E-state index contributed by atoms with van der Waals surface area (Å²) in [7, 11) is -1.05. The van der Waals surface area contributed by atoms with Crippen LogP contribution >= 0.6 is 11.6 Å². The largest absolute Gasteiger partial charge is 0.501 e. The summed E-state index contributed by atoms with van der Waals surface area (Å²) in [6.07, 6.45) is 0. The van der Waals surface area contributed by atoms with E-state index in [0.717, 1.165) is 7.11 Å². The number of nitro groups is 1. The van der Waals surface area contributed by atoms with Crippen LogP contribution in [0.1, 0.15) is 10.4 Å². The average molecular weight is 304 g/mol. The Labute approximate surface area is 116 Å². The lowest BCUT2D eigenvalue weighted by Crippen LogP contribution is -2.40. The fourth-order valence-electron chi connectivity index (χ4n) is 1.78. The number of hydrogen-bond donors (Lipinski definition) is 1. The fraction of sp³-hybridized carbons (Fsp3) is 0.364. The Morgan fingerprint density at radius 2 is 2.00 bits per heavy atom. The van der Waals surface area contributed by atoms with Crippen LogP contribution in [0.2, 0.25) is 24.7 Å². The number of esters is 1. The number of carbonyl (C=O) groups is 1. The number of halogens is 1. The molecule has 0 aliphatic rings. The van der Waals surface area contributed by atoms with Gasteiger partial charge in [-0.1, -0.05) is 31.2 Å². The van der Waals surface area contributed by atoms with Crippen molar-refractivity contribution in [3.05, 3.63) is 26.8 Å². The maximum absolute atomic E-state index is 11.5. The molecule has 0 saturated carbocycles. The summed E-state index contributed by atoms with van der Waals surface area (Å²) in [4.78, 5) is 21.9. The van der Waals surface area contributed by atoms with Crippen molar-refractivity contribution in [1.82, 2.24) is 0 Å². The Hall–Kier alpha value is -1.60. The van der Waals surface area contributed by atoms with Gasteiger partial charge in [-0.3, -0.25) is 10.1 Å². The summed E-state index contributed by atoms with van der Waals surface area (Å²) in [5, 5.41) is 21.5. The van der Waals surface area contributed by atoms with Crippen LogP contribution in [0, 0.1) is 10.1 Å². The number of ether oxygens (including phenoxy) is 1. The number of hydrogen-bond acceptors (Lipinski definition) is 5. The molecule has 0 amide bonds. The molecule has 1 aromatic rings. The molecule has 1 aromatic carbocycles. The fourth-order valence-corrected chi connectivity index (χ4v) is 4.54. The van der Waals surface area contributed by atoms with E-state index in [2.05, 4.69) is 4.74 Å². The highest BCUT2D eigenvalue weighted by Crippen LogP contribution is 2.34. The van der Waals surface area contributed by atoms with Crippen LogP contribution in [-0.2, 0) is 4.74 Å². The van der Waals surface area contributed by atoms with Gasteiger partial charge in [0.05, 0.1) is 20.1 Å². The van der Waals surface area contributed by atoms with E-state index in [1.54, 1.807) is 0 Å². The van der Waals surface area contributed by atoms with Gasteiger partial charge in [0.15, 0.2) is 0 Å². The molecule has 0 heterocycles. The van der Waals surface area contributed by atoms with E-state index in [9.17, 15) is 20.0 Å². The summed E-state index contributed by atoms with van der Waals surface area (Å²) in [5.41, 5.74) is -0.812. The van der Waals surface area contributed by atoms with Crippen molar-refractivity contribution < 1.29 is 19.6 Å². The first-order chi connectivity index (χ1) is 8.61. The molecular weight excluding hydrogens is 290 g/mol. The van der Waals surface area contributed by atoms with Gasteiger partial charge >= 0.3 is 11.7 Å². The second kappa shape index (κ2) is 5.18. The topological polar surface area (TPSA) is 89.7 Å². The summed E-state index contributed by atoms with van der Waals surface area (Å²) < 4.78 is 4.46. The molecule has 104 valence electrons. The summed E-state index contributed by atoms with van der Waals surface area (Å²) in [5.74, 6) is -1.57. The van der Waals surface area contributed by atoms with E-state index >= 15 is 0 Å². The molecular formula is C11H14ClNO5Si. The van der Waals surface area contributed by atoms with Crippen molar-refractivity contribution >= 4 is 36.5 Å². The van der Waals surface area contributed by atoms with E-state index in [-0.39, 0.29) is 10.6 Å². The van der Waals surface area contributed by atoms with Crippen LogP contribution in [0.25, 0.3) is 0 Å². The Morgan fingerprint density at radius 1 is 1.47 bits per heavy atom. The standard InChI is InChI=1S/C11H14ClNO5Si/c1-18-11(15)6-5-7(12)10(19(2,3)4)8(9(6)14)13(16)17/h5,14H,1-4H3. The Kier molecular flexibility index (Phi) is 4.21. The monoisotopic (exact) mass is 303 g/mol. The van der Waals surface area contributed by atoms with Gasteiger partial charge in [-0.15, -0.1) is 0 Å². The van der Waals surface area contributed by atoms with Crippen molar-refractivity contribution in [2.75, 3.05) is 7.11 Å². The van der Waals surface area contributed by atoms with Crippen molar-refractivity contribution in [1.29, 1.82) is 0 Å². The minimum Gasteiger partial charge on any atom is -0.501 e. The molecule has 0 aliphatic heterocycles. The zero-order valence-corrected chi connectivity index (χ0v) is 12.7. The highest BCUT2D eigenvalue weighted by molar-refractivity contribution is 6.91. The molecule has 0 fully saturated rings. The van der Waals surface area contributed by atoms with Crippen molar-refractivity contribution in [2.45, 2.75) is 19.6 Å². The number of methoxy groups -OCH3 is 1. The molecule has 6 nitrogen and oxygen atoms in total. The summed E-state index contributed by atoms with van der Waals surface area (Å²) in [6.45, 7) is 5.58. The van der Waals surface area contributed by atoms with Crippen molar-refractivity contribution in [3.8, 4) is 5.75 Å². The summed E-state index contributed by atoms with van der Waals surface area (Å²) >= 11 is 6.05. The lowest BCUT2D eigenvalue weighted by molar-refractivity contribution is -0.384. The van der Waals surface area contributed by atoms with E-state index in [4.69, 9.17) is 11.6 Å². The molecule has 0 aliphatic carbocycles. The second-order valence-electron chi connectivity index (χ2n) is 4.98. The quantitative estimate of drug-likeness (QED) is 0.400. The van der Waals surface area contributed by atoms with Crippen LogP contribution in [0.5, 0.6) is 5.75 Å². The number of rotatable bonds is 3. The van der Waals surface area contributed by atoms with Crippen LogP contribution in [-0.4, -0.2) is 31.2 Å². The van der Waals surface area contributed by atoms with Gasteiger partial charge in [0.2, 0.25) is 5.75 Å². The number of phenols is 1. The smallest absolute Gasteiger partial charge is 0.341 e. The molecule has 1 rings (SSSR count). The first kappa shape index (κ1) is 15.5. The third-order valence-corrected chi connectivity index (χ3v) is 5.03. The van der Waals surface area contributed by atoms with E-state index in [1.165, 1.54) is 6.07 Å². The molecule has 1 N–H and O–H groups in total. The predicted octanol–water partition coefficient (Wildman–Crippen LogP) is 2.29. The lowest BCUT2D eigenvalue weighted by atomic mass is 10.1. The number of carbonyl (C=O) groups excluding carboxylic acids is 1. The van der Waals surface area contributed by atoms with Gasteiger partial charge in [0.1, 0.15) is 5.56 Å². The highest BCUT2D eigenvalue weighted by atomic mass is 35.5. The maximum atomic E-state index is 11.5. The molecule has 0 aromatic heterocycles. The highest BCUT2D eigenvalue weighted by Gasteiger charge is 2.35. The van der Waals surface area contributed by atoms with Gasteiger partial charge in [0.25, 0.3) is 0 Å². The van der Waals surface area contributed by atoms with Crippen LogP contribution in [0.15, 0.2) is 6.07 Å². The first-order valence-electron chi connectivity index (χ1n) is 5.40. The molecule has 0 unspecified atom stereocenters. The van der Waals surface area contributed by atoms with Crippen LogP contribution in [0.4, 0.5) is 5.69 Å². The van der Waals surface area contributed by atoms with Gasteiger partial charge < -0.3 is 9.84 Å². The normalized spacial score (nSPS) is 11.2. The van der Waals surface area contributed by atoms with E-state index < -0.39 is 30.4 Å². The minimum atomic E-state index is -2.17. The second-order valence-corrected chi connectivity index (χ2v) is 10.4.